The van der Waals surface area contributed by atoms with Crippen molar-refractivity contribution >= 4 is 5.91 Å². The molecule has 2 aliphatic rings. The molecule has 136 valence electrons. The number of likely N-dealkylation sites (tertiary alicyclic amines) is 1. The average Bonchev–Trinajstić information content (AvgIpc) is 2.69. The summed E-state index contributed by atoms with van der Waals surface area (Å²) in [6.07, 6.45) is 0.752. The molecule has 0 radical (unpaired) electrons. The van der Waals surface area contributed by atoms with E-state index in [-0.39, 0.29) is 5.91 Å². The van der Waals surface area contributed by atoms with E-state index in [2.05, 4.69) is 0 Å². The minimum atomic E-state index is -0.836. The fraction of sp³-hybridized carbons (Fsp3) is 0.381. The van der Waals surface area contributed by atoms with E-state index in [1.807, 2.05) is 47.4 Å². The van der Waals surface area contributed by atoms with Crippen LogP contribution in [0.5, 0.6) is 11.5 Å². The summed E-state index contributed by atoms with van der Waals surface area (Å²) in [6, 6.07) is 15.4. The fourth-order valence-corrected chi connectivity index (χ4v) is 3.70. The number of fused-ring (bicyclic) bond motifs is 1. The van der Waals surface area contributed by atoms with Crippen molar-refractivity contribution in [3.05, 3.63) is 59.7 Å². The van der Waals surface area contributed by atoms with Gasteiger partial charge in [-0.05, 0) is 36.1 Å². The number of aliphatic hydroxyl groups excluding tert-OH is 1. The van der Waals surface area contributed by atoms with Crippen LogP contribution in [-0.4, -0.2) is 35.7 Å². The van der Waals surface area contributed by atoms with Crippen molar-refractivity contribution in [3.8, 4) is 11.5 Å². The molecule has 0 unspecified atom stereocenters. The molecule has 2 atom stereocenters. The minimum absolute atomic E-state index is 0.0162. The van der Waals surface area contributed by atoms with Gasteiger partial charge in [-0.3, -0.25) is 4.79 Å². The van der Waals surface area contributed by atoms with Gasteiger partial charge in [0, 0.05) is 13.1 Å². The second kappa shape index (κ2) is 7.38. The van der Waals surface area contributed by atoms with Gasteiger partial charge in [-0.2, -0.15) is 0 Å². The third kappa shape index (κ3) is 3.40. The monoisotopic (exact) mass is 353 g/mol. The Morgan fingerprint density at radius 2 is 1.85 bits per heavy atom. The summed E-state index contributed by atoms with van der Waals surface area (Å²) in [4.78, 5) is 14.8. The molecule has 1 saturated heterocycles. The number of piperidine rings is 1. The molecule has 26 heavy (non-hydrogen) atoms. The van der Waals surface area contributed by atoms with Gasteiger partial charge in [0.05, 0.1) is 12.0 Å². The lowest BCUT2D eigenvalue weighted by atomic mass is 9.87. The Balaban J connectivity index is 1.50. The van der Waals surface area contributed by atoms with E-state index in [9.17, 15) is 9.90 Å². The van der Waals surface area contributed by atoms with Gasteiger partial charge in [-0.15, -0.1) is 0 Å². The van der Waals surface area contributed by atoms with Crippen molar-refractivity contribution in [3.63, 3.8) is 0 Å². The SMILES string of the molecule is O=C1[C@@H]([C@@H](O)c2ccc3c(c2)OCCO3)CCCN1Cc1ccccc1. The van der Waals surface area contributed by atoms with Gasteiger partial charge < -0.3 is 19.5 Å². The number of hydrogen-bond acceptors (Lipinski definition) is 4. The highest BCUT2D eigenvalue weighted by atomic mass is 16.6. The van der Waals surface area contributed by atoms with E-state index >= 15 is 0 Å². The normalized spacial score (nSPS) is 20.7. The maximum absolute atomic E-state index is 12.9. The number of aliphatic hydroxyl groups is 1. The Bertz CT molecular complexity index is 777. The number of rotatable bonds is 4. The largest absolute Gasteiger partial charge is 0.486 e. The van der Waals surface area contributed by atoms with Crippen molar-refractivity contribution in [1.29, 1.82) is 0 Å². The summed E-state index contributed by atoms with van der Waals surface area (Å²) in [6.45, 7) is 2.35. The summed E-state index contributed by atoms with van der Waals surface area (Å²) < 4.78 is 11.1. The molecule has 5 nitrogen and oxygen atoms in total. The highest BCUT2D eigenvalue weighted by Gasteiger charge is 2.35. The first-order valence-electron chi connectivity index (χ1n) is 9.13. The topological polar surface area (TPSA) is 59.0 Å². The molecule has 0 spiro atoms. The Hall–Kier alpha value is -2.53. The summed E-state index contributed by atoms with van der Waals surface area (Å²) in [5.74, 6) is 0.919. The third-order valence-corrected chi connectivity index (χ3v) is 5.08. The van der Waals surface area contributed by atoms with Crippen LogP contribution in [0.2, 0.25) is 0 Å². The van der Waals surface area contributed by atoms with Crippen LogP contribution in [0.4, 0.5) is 0 Å². The molecule has 1 amide bonds. The number of carbonyl (C=O) groups excluding carboxylic acids is 1. The van der Waals surface area contributed by atoms with Crippen molar-refractivity contribution < 1.29 is 19.4 Å². The minimum Gasteiger partial charge on any atom is -0.486 e. The van der Waals surface area contributed by atoms with Gasteiger partial charge in [0.2, 0.25) is 5.91 Å². The van der Waals surface area contributed by atoms with Gasteiger partial charge in [-0.25, -0.2) is 0 Å². The number of nitrogens with zero attached hydrogens (tertiary/aromatic N) is 1. The molecule has 1 fully saturated rings. The highest BCUT2D eigenvalue weighted by Crippen LogP contribution is 2.37. The first-order valence-corrected chi connectivity index (χ1v) is 9.13. The highest BCUT2D eigenvalue weighted by molar-refractivity contribution is 5.80. The van der Waals surface area contributed by atoms with Crippen molar-refractivity contribution in [2.24, 2.45) is 5.92 Å². The number of ether oxygens (including phenoxy) is 2. The quantitative estimate of drug-likeness (QED) is 0.918. The second-order valence-electron chi connectivity index (χ2n) is 6.84. The molecule has 0 aliphatic carbocycles. The summed E-state index contributed by atoms with van der Waals surface area (Å²) in [5.41, 5.74) is 1.81. The first-order chi connectivity index (χ1) is 12.7. The van der Waals surface area contributed by atoms with Gasteiger partial charge in [0.1, 0.15) is 13.2 Å². The summed E-state index contributed by atoms with van der Waals surface area (Å²) >= 11 is 0. The average molecular weight is 353 g/mol. The van der Waals surface area contributed by atoms with Crippen LogP contribution in [0.15, 0.2) is 48.5 Å². The molecule has 4 rings (SSSR count). The molecular weight excluding hydrogens is 330 g/mol. The van der Waals surface area contributed by atoms with Crippen molar-refractivity contribution in [1.82, 2.24) is 4.90 Å². The Labute approximate surface area is 153 Å². The number of hydrogen-bond donors (Lipinski definition) is 1. The molecule has 2 heterocycles. The third-order valence-electron chi connectivity index (χ3n) is 5.08. The van der Waals surface area contributed by atoms with Crippen LogP contribution in [0.25, 0.3) is 0 Å². The summed E-state index contributed by atoms with van der Waals surface area (Å²) in [7, 11) is 0. The standard InChI is InChI=1S/C21H23NO4/c23-20(16-8-9-18-19(13-16)26-12-11-25-18)17-7-4-10-22(21(17)24)14-15-5-2-1-3-6-15/h1-3,5-6,8-9,13,17,20,23H,4,7,10-12,14H2/t17-,20+/m1/s1. The van der Waals surface area contributed by atoms with E-state index in [0.717, 1.165) is 18.5 Å². The molecular formula is C21H23NO4. The van der Waals surface area contributed by atoms with E-state index < -0.39 is 12.0 Å². The molecule has 0 aromatic heterocycles. The number of amides is 1. The molecule has 2 aromatic rings. The van der Waals surface area contributed by atoms with E-state index in [4.69, 9.17) is 9.47 Å². The van der Waals surface area contributed by atoms with E-state index in [1.165, 1.54) is 0 Å². The summed E-state index contributed by atoms with van der Waals surface area (Å²) in [5, 5.41) is 10.9. The van der Waals surface area contributed by atoms with Crippen molar-refractivity contribution in [2.45, 2.75) is 25.5 Å². The zero-order chi connectivity index (χ0) is 17.9. The molecule has 2 aliphatic heterocycles. The fourth-order valence-electron chi connectivity index (χ4n) is 3.70. The molecule has 0 bridgehead atoms. The van der Waals surface area contributed by atoms with Crippen LogP contribution in [0.1, 0.15) is 30.1 Å². The van der Waals surface area contributed by atoms with Crippen LogP contribution in [0, 0.1) is 5.92 Å². The van der Waals surface area contributed by atoms with E-state index in [0.29, 0.717) is 43.2 Å². The van der Waals surface area contributed by atoms with Gasteiger partial charge >= 0.3 is 0 Å². The van der Waals surface area contributed by atoms with Gasteiger partial charge in [0.25, 0.3) is 0 Å². The van der Waals surface area contributed by atoms with Crippen LogP contribution in [-0.2, 0) is 11.3 Å². The number of benzene rings is 2. The van der Waals surface area contributed by atoms with Crippen LogP contribution in [0.3, 0.4) is 0 Å². The molecule has 1 N–H and O–H groups in total. The van der Waals surface area contributed by atoms with Crippen LogP contribution >= 0.6 is 0 Å². The Morgan fingerprint density at radius 3 is 2.65 bits per heavy atom. The van der Waals surface area contributed by atoms with Crippen LogP contribution < -0.4 is 9.47 Å². The predicted octanol–water partition coefficient (Wildman–Crippen LogP) is 2.93. The molecule has 5 heteroatoms. The lowest BCUT2D eigenvalue weighted by molar-refractivity contribution is -0.143. The van der Waals surface area contributed by atoms with Gasteiger partial charge in [0.15, 0.2) is 11.5 Å². The maximum atomic E-state index is 12.9. The zero-order valence-corrected chi connectivity index (χ0v) is 14.6. The Kier molecular flexibility index (Phi) is 4.80. The van der Waals surface area contributed by atoms with Crippen molar-refractivity contribution in [2.75, 3.05) is 19.8 Å². The Morgan fingerprint density at radius 1 is 1.08 bits per heavy atom. The van der Waals surface area contributed by atoms with E-state index in [1.54, 1.807) is 6.07 Å². The second-order valence-corrected chi connectivity index (χ2v) is 6.84. The molecule has 0 saturated carbocycles. The lowest BCUT2D eigenvalue weighted by Crippen LogP contribution is -2.42. The van der Waals surface area contributed by atoms with Gasteiger partial charge in [-0.1, -0.05) is 36.4 Å². The number of carbonyl (C=O) groups is 1. The maximum Gasteiger partial charge on any atom is 0.228 e. The zero-order valence-electron chi connectivity index (χ0n) is 14.6. The smallest absolute Gasteiger partial charge is 0.228 e. The molecule has 2 aromatic carbocycles. The lowest BCUT2D eigenvalue weighted by Gasteiger charge is -2.35. The first kappa shape index (κ1) is 16.9. The predicted molar refractivity (Wildman–Crippen MR) is 97.0 cm³/mol.